The Labute approximate surface area is 99.0 Å². The molecule has 1 rings (SSSR count). The molecule has 1 aromatic rings. The molecule has 0 aliphatic heterocycles. The lowest BCUT2D eigenvalue weighted by atomic mass is 10.3. The molecule has 3 nitrogen and oxygen atoms in total. The summed E-state index contributed by atoms with van der Waals surface area (Å²) in [6.07, 6.45) is -2.69. The molecule has 0 radical (unpaired) electrons. The van der Waals surface area contributed by atoms with Gasteiger partial charge < -0.3 is 4.74 Å². The molecule has 82 valence electrons. The van der Waals surface area contributed by atoms with E-state index in [1.165, 1.54) is 12.1 Å². The first-order chi connectivity index (χ1) is 7.04. The Hall–Kier alpha value is -0.790. The number of esters is 1. The van der Waals surface area contributed by atoms with Gasteiger partial charge in [-0.25, -0.2) is 18.6 Å². The first kappa shape index (κ1) is 12.3. The third-order valence-corrected chi connectivity index (χ3v) is 2.14. The van der Waals surface area contributed by atoms with Crippen molar-refractivity contribution in [1.82, 2.24) is 4.98 Å². The van der Waals surface area contributed by atoms with Crippen LogP contribution in [0, 0.1) is 3.57 Å². The van der Waals surface area contributed by atoms with Gasteiger partial charge in [-0.2, -0.15) is 0 Å². The number of rotatable bonds is 3. The summed E-state index contributed by atoms with van der Waals surface area (Å²) in [6.45, 7) is 1.83. The molecule has 0 amide bonds. The molecule has 0 saturated carbocycles. The van der Waals surface area contributed by atoms with Crippen molar-refractivity contribution in [2.75, 3.05) is 6.61 Å². The zero-order valence-electron chi connectivity index (χ0n) is 7.84. The van der Waals surface area contributed by atoms with Gasteiger partial charge in [0.15, 0.2) is 0 Å². The minimum atomic E-state index is -2.69. The second-order valence-electron chi connectivity index (χ2n) is 2.62. The van der Waals surface area contributed by atoms with Gasteiger partial charge in [-0.15, -0.1) is 0 Å². The van der Waals surface area contributed by atoms with Crippen LogP contribution in [0.3, 0.4) is 0 Å². The number of pyridine rings is 1. The Morgan fingerprint density at radius 3 is 2.80 bits per heavy atom. The summed E-state index contributed by atoms with van der Waals surface area (Å²) in [5, 5.41) is 0. The summed E-state index contributed by atoms with van der Waals surface area (Å²) in [4.78, 5) is 14.8. The van der Waals surface area contributed by atoms with Crippen LogP contribution < -0.4 is 0 Å². The van der Waals surface area contributed by atoms with E-state index in [-0.39, 0.29) is 12.3 Å². The van der Waals surface area contributed by atoms with Crippen LogP contribution in [0.5, 0.6) is 0 Å². The fraction of sp³-hybridized carbons (Fsp3) is 0.333. The number of halogens is 3. The fourth-order valence-electron chi connectivity index (χ4n) is 0.939. The monoisotopic (exact) mass is 327 g/mol. The van der Waals surface area contributed by atoms with Gasteiger partial charge in [0.05, 0.1) is 6.61 Å². The highest BCUT2D eigenvalue weighted by Gasteiger charge is 2.15. The predicted octanol–water partition coefficient (Wildman–Crippen LogP) is 2.80. The number of hydrogen-bond donors (Lipinski definition) is 0. The topological polar surface area (TPSA) is 39.2 Å². The Morgan fingerprint density at radius 2 is 2.27 bits per heavy atom. The Morgan fingerprint density at radius 1 is 1.60 bits per heavy atom. The number of alkyl halides is 2. The Bertz CT molecular complexity index is 371. The maximum Gasteiger partial charge on any atom is 0.356 e. The van der Waals surface area contributed by atoms with Crippen molar-refractivity contribution >= 4 is 28.6 Å². The summed E-state index contributed by atoms with van der Waals surface area (Å²) in [5.41, 5.74) is -0.496. The van der Waals surface area contributed by atoms with Gasteiger partial charge in [0.1, 0.15) is 11.4 Å². The third kappa shape index (κ3) is 3.37. The molecule has 1 aromatic heterocycles. The highest BCUT2D eigenvalue weighted by molar-refractivity contribution is 14.1. The average molecular weight is 327 g/mol. The second kappa shape index (κ2) is 5.34. The number of ether oxygens (including phenoxy) is 1. The van der Waals surface area contributed by atoms with Crippen LogP contribution in [0.1, 0.15) is 29.5 Å². The summed E-state index contributed by atoms with van der Waals surface area (Å²) >= 11 is 1.85. The third-order valence-electron chi connectivity index (χ3n) is 1.52. The SMILES string of the molecule is CCOC(=O)c1cc(I)cc(C(F)F)n1. The number of carbonyl (C=O) groups is 1. The molecule has 0 atom stereocenters. The van der Waals surface area contributed by atoms with Crippen LogP contribution >= 0.6 is 22.6 Å². The molecule has 1 heterocycles. The Balaban J connectivity index is 3.03. The molecule has 0 N–H and O–H groups in total. The van der Waals surface area contributed by atoms with Crippen molar-refractivity contribution in [2.45, 2.75) is 13.3 Å². The van der Waals surface area contributed by atoms with Gasteiger partial charge in [0, 0.05) is 3.57 Å². The van der Waals surface area contributed by atoms with Gasteiger partial charge in [0.2, 0.25) is 0 Å². The van der Waals surface area contributed by atoms with E-state index in [9.17, 15) is 13.6 Å². The molecular formula is C9H8F2INO2. The summed E-state index contributed by atoms with van der Waals surface area (Å²) in [7, 11) is 0. The van der Waals surface area contributed by atoms with E-state index in [0.29, 0.717) is 3.57 Å². The van der Waals surface area contributed by atoms with Crippen molar-refractivity contribution in [1.29, 1.82) is 0 Å². The molecule has 6 heteroatoms. The first-order valence-electron chi connectivity index (χ1n) is 4.17. The minimum absolute atomic E-state index is 0.0842. The van der Waals surface area contributed by atoms with E-state index in [4.69, 9.17) is 0 Å². The van der Waals surface area contributed by atoms with E-state index < -0.39 is 18.1 Å². The van der Waals surface area contributed by atoms with Crippen LogP contribution in [0.4, 0.5) is 8.78 Å². The van der Waals surface area contributed by atoms with E-state index in [2.05, 4.69) is 9.72 Å². The lowest BCUT2D eigenvalue weighted by Gasteiger charge is -2.04. The van der Waals surface area contributed by atoms with Gasteiger partial charge in [-0.1, -0.05) is 0 Å². The summed E-state index contributed by atoms with van der Waals surface area (Å²) < 4.78 is 29.9. The second-order valence-corrected chi connectivity index (χ2v) is 3.86. The molecule has 0 unspecified atom stereocenters. The quantitative estimate of drug-likeness (QED) is 0.633. The van der Waals surface area contributed by atoms with Crippen molar-refractivity contribution in [3.8, 4) is 0 Å². The maximum absolute atomic E-state index is 12.4. The molecular weight excluding hydrogens is 319 g/mol. The normalized spacial score (nSPS) is 10.5. The number of nitrogens with zero attached hydrogens (tertiary/aromatic N) is 1. The average Bonchev–Trinajstić information content (AvgIpc) is 2.17. The molecule has 0 aliphatic carbocycles. The zero-order chi connectivity index (χ0) is 11.4. The molecule has 0 bridgehead atoms. The molecule has 15 heavy (non-hydrogen) atoms. The van der Waals surface area contributed by atoms with Crippen LogP contribution in [-0.2, 0) is 4.74 Å². The smallest absolute Gasteiger partial charge is 0.356 e. The van der Waals surface area contributed by atoms with Gasteiger partial charge in [-0.05, 0) is 41.6 Å². The number of aromatic nitrogens is 1. The van der Waals surface area contributed by atoms with E-state index in [1.807, 2.05) is 22.6 Å². The van der Waals surface area contributed by atoms with Crippen LogP contribution in [0.25, 0.3) is 0 Å². The van der Waals surface area contributed by atoms with Crippen LogP contribution in [0.15, 0.2) is 12.1 Å². The van der Waals surface area contributed by atoms with Crippen molar-refractivity contribution in [3.05, 3.63) is 27.1 Å². The maximum atomic E-state index is 12.4. The van der Waals surface area contributed by atoms with E-state index in [1.54, 1.807) is 6.92 Å². The van der Waals surface area contributed by atoms with E-state index >= 15 is 0 Å². The molecule has 0 fully saturated rings. The summed E-state index contributed by atoms with van der Waals surface area (Å²) in [5.74, 6) is -0.682. The van der Waals surface area contributed by atoms with Crippen molar-refractivity contribution < 1.29 is 18.3 Å². The van der Waals surface area contributed by atoms with Crippen molar-refractivity contribution in [3.63, 3.8) is 0 Å². The lowest BCUT2D eigenvalue weighted by Crippen LogP contribution is -2.09. The number of carbonyl (C=O) groups excluding carboxylic acids is 1. The largest absolute Gasteiger partial charge is 0.461 e. The van der Waals surface area contributed by atoms with E-state index in [0.717, 1.165) is 0 Å². The fourth-order valence-corrected chi connectivity index (χ4v) is 1.55. The molecule has 0 saturated heterocycles. The predicted molar refractivity (Wildman–Crippen MR) is 57.9 cm³/mol. The molecule has 0 spiro atoms. The number of hydrogen-bond acceptors (Lipinski definition) is 3. The lowest BCUT2D eigenvalue weighted by molar-refractivity contribution is 0.0517. The Kier molecular flexibility index (Phi) is 4.37. The highest BCUT2D eigenvalue weighted by Crippen LogP contribution is 2.19. The van der Waals surface area contributed by atoms with Crippen LogP contribution in [-0.4, -0.2) is 17.6 Å². The van der Waals surface area contributed by atoms with Gasteiger partial charge in [-0.3, -0.25) is 0 Å². The molecule has 0 aromatic carbocycles. The molecule has 0 aliphatic rings. The van der Waals surface area contributed by atoms with Gasteiger partial charge in [0.25, 0.3) is 6.43 Å². The first-order valence-corrected chi connectivity index (χ1v) is 5.25. The zero-order valence-corrected chi connectivity index (χ0v) is 9.99. The van der Waals surface area contributed by atoms with Crippen molar-refractivity contribution in [2.24, 2.45) is 0 Å². The minimum Gasteiger partial charge on any atom is -0.461 e. The van der Waals surface area contributed by atoms with Gasteiger partial charge >= 0.3 is 5.97 Å². The summed E-state index contributed by atoms with van der Waals surface area (Å²) in [6, 6.07) is 2.64. The highest BCUT2D eigenvalue weighted by atomic mass is 127. The standard InChI is InChI=1S/C9H8F2INO2/c1-2-15-9(14)7-4-5(12)3-6(13-7)8(10)11/h3-4,8H,2H2,1H3. The van der Waals surface area contributed by atoms with Crippen LogP contribution in [0.2, 0.25) is 0 Å².